The predicted molar refractivity (Wildman–Crippen MR) is 110 cm³/mol. The van der Waals surface area contributed by atoms with Crippen LogP contribution >= 0.6 is 0 Å². The zero-order valence-electron chi connectivity index (χ0n) is 17.3. The van der Waals surface area contributed by atoms with Gasteiger partial charge in [-0.25, -0.2) is 4.79 Å². The maximum atomic E-state index is 13.7. The smallest absolute Gasteiger partial charge is 0.331 e. The summed E-state index contributed by atoms with van der Waals surface area (Å²) in [6.45, 7) is 5.61. The summed E-state index contributed by atoms with van der Waals surface area (Å²) in [4.78, 5) is 41.7. The van der Waals surface area contributed by atoms with E-state index >= 15 is 0 Å². The summed E-state index contributed by atoms with van der Waals surface area (Å²) in [5.74, 6) is -2.14. The number of allylic oxidation sites excluding steroid dienone is 2. The molecule has 0 radical (unpaired) electrons. The number of benzene rings is 2. The lowest BCUT2D eigenvalue weighted by atomic mass is 9.77. The fourth-order valence-electron chi connectivity index (χ4n) is 4.88. The number of carbonyl (C=O) groups excluding carboxylic acids is 3. The van der Waals surface area contributed by atoms with Gasteiger partial charge in [-0.3, -0.25) is 9.59 Å². The third kappa shape index (κ3) is 2.43. The first-order chi connectivity index (χ1) is 14.8. The Kier molecular flexibility index (Phi) is 4.02. The van der Waals surface area contributed by atoms with E-state index in [-0.39, 0.29) is 45.4 Å². The minimum absolute atomic E-state index is 0.00759. The van der Waals surface area contributed by atoms with Crippen molar-refractivity contribution in [1.29, 1.82) is 0 Å². The SMILES string of the molecule is CC[C@H](C)[C@@H]1C(=O)O[C@H]2c3cc(C)cc(O)c3C3=C(C(=O)c4c(O)cccc4C3=O)N21. The summed E-state index contributed by atoms with van der Waals surface area (Å²) in [7, 11) is 0. The van der Waals surface area contributed by atoms with E-state index in [4.69, 9.17) is 4.74 Å². The van der Waals surface area contributed by atoms with Crippen LogP contribution in [0.1, 0.15) is 63.9 Å². The van der Waals surface area contributed by atoms with Crippen LogP contribution in [0.4, 0.5) is 0 Å². The van der Waals surface area contributed by atoms with Crippen LogP contribution in [-0.2, 0) is 9.53 Å². The molecular weight excluding hydrogens is 398 g/mol. The van der Waals surface area contributed by atoms with E-state index in [2.05, 4.69) is 0 Å². The molecule has 31 heavy (non-hydrogen) atoms. The third-order valence-corrected chi connectivity index (χ3v) is 6.46. The molecule has 0 saturated carbocycles. The van der Waals surface area contributed by atoms with Crippen molar-refractivity contribution in [3.8, 4) is 11.5 Å². The van der Waals surface area contributed by atoms with Gasteiger partial charge in [-0.2, -0.15) is 0 Å². The average Bonchev–Trinajstić information content (AvgIpc) is 3.07. The van der Waals surface area contributed by atoms with E-state index in [1.807, 2.05) is 13.8 Å². The van der Waals surface area contributed by atoms with Crippen molar-refractivity contribution in [2.75, 3.05) is 0 Å². The number of ketones is 2. The number of carbonyl (C=O) groups is 3. The minimum Gasteiger partial charge on any atom is -0.507 e. The molecule has 2 heterocycles. The molecule has 2 aliphatic heterocycles. The van der Waals surface area contributed by atoms with Crippen molar-refractivity contribution in [3.63, 3.8) is 0 Å². The number of esters is 1. The molecule has 7 heteroatoms. The number of nitrogens with zero attached hydrogens (tertiary/aromatic N) is 1. The van der Waals surface area contributed by atoms with Gasteiger partial charge in [0.15, 0.2) is 5.78 Å². The second-order valence-corrected chi connectivity index (χ2v) is 8.36. The number of phenols is 2. The van der Waals surface area contributed by atoms with E-state index in [0.717, 1.165) is 5.56 Å². The van der Waals surface area contributed by atoms with Gasteiger partial charge in [-0.15, -0.1) is 0 Å². The molecule has 0 amide bonds. The molecule has 0 aromatic heterocycles. The Balaban J connectivity index is 1.87. The lowest BCUT2D eigenvalue weighted by Crippen LogP contribution is -2.45. The van der Waals surface area contributed by atoms with Gasteiger partial charge in [0.25, 0.3) is 0 Å². The van der Waals surface area contributed by atoms with Crippen molar-refractivity contribution in [2.24, 2.45) is 5.92 Å². The molecule has 1 fully saturated rings. The van der Waals surface area contributed by atoms with Crippen molar-refractivity contribution in [2.45, 2.75) is 39.5 Å². The van der Waals surface area contributed by atoms with Crippen LogP contribution in [0.5, 0.6) is 11.5 Å². The molecule has 2 aromatic rings. The van der Waals surface area contributed by atoms with E-state index < -0.39 is 29.8 Å². The number of phenolic OH excluding ortho intramolecular Hbond substituents is 2. The first-order valence-corrected chi connectivity index (χ1v) is 10.2. The number of hydrogen-bond donors (Lipinski definition) is 2. The van der Waals surface area contributed by atoms with Crippen LogP contribution in [-0.4, -0.2) is 38.7 Å². The van der Waals surface area contributed by atoms with Crippen molar-refractivity contribution < 1.29 is 29.3 Å². The summed E-state index contributed by atoms with van der Waals surface area (Å²) in [5, 5.41) is 21.2. The van der Waals surface area contributed by atoms with Gasteiger partial charge in [-0.1, -0.05) is 32.4 Å². The van der Waals surface area contributed by atoms with Gasteiger partial charge in [0.05, 0.1) is 11.1 Å². The minimum atomic E-state index is -0.935. The number of aromatic hydroxyl groups is 2. The molecule has 3 atom stereocenters. The molecule has 1 aliphatic carbocycles. The highest BCUT2D eigenvalue weighted by Gasteiger charge is 2.54. The van der Waals surface area contributed by atoms with Crippen LogP contribution in [0.3, 0.4) is 0 Å². The van der Waals surface area contributed by atoms with Crippen LogP contribution in [0.2, 0.25) is 0 Å². The van der Waals surface area contributed by atoms with Crippen LogP contribution in [0.15, 0.2) is 36.0 Å². The average molecular weight is 419 g/mol. The molecular formula is C24H21NO6. The molecule has 5 rings (SSSR count). The largest absolute Gasteiger partial charge is 0.507 e. The summed E-state index contributed by atoms with van der Waals surface area (Å²) >= 11 is 0. The Bertz CT molecular complexity index is 1230. The standard InChI is InChI=1S/C24H21NO6/c1-4-11(3)19-24(30)31-23-13-8-10(2)9-15(27)16(13)18-20(25(19)23)22(29)17-12(21(18)28)6-5-7-14(17)26/h5-9,11,19,23,26-27H,4H2,1-3H3/t11-,19+,23-/m0/s1. The fraction of sp³-hybridized carbons (Fsp3) is 0.292. The second-order valence-electron chi connectivity index (χ2n) is 8.36. The Morgan fingerprint density at radius 3 is 2.52 bits per heavy atom. The molecule has 7 nitrogen and oxygen atoms in total. The maximum Gasteiger partial charge on any atom is 0.331 e. The number of hydrogen-bond acceptors (Lipinski definition) is 7. The van der Waals surface area contributed by atoms with Gasteiger partial charge in [0, 0.05) is 16.7 Å². The van der Waals surface area contributed by atoms with Crippen LogP contribution in [0, 0.1) is 12.8 Å². The zero-order valence-corrected chi connectivity index (χ0v) is 17.3. The number of ether oxygens (including phenoxy) is 1. The van der Waals surface area contributed by atoms with Gasteiger partial charge < -0.3 is 19.8 Å². The molecule has 0 bridgehead atoms. The fourth-order valence-corrected chi connectivity index (χ4v) is 4.88. The number of rotatable bonds is 2. The summed E-state index contributed by atoms with van der Waals surface area (Å²) in [6.07, 6.45) is -0.281. The highest BCUT2D eigenvalue weighted by Crippen LogP contribution is 2.52. The van der Waals surface area contributed by atoms with E-state index in [0.29, 0.717) is 12.0 Å². The normalized spacial score (nSPS) is 22.5. The van der Waals surface area contributed by atoms with Crippen molar-refractivity contribution >= 4 is 23.1 Å². The van der Waals surface area contributed by atoms with Crippen molar-refractivity contribution in [1.82, 2.24) is 4.90 Å². The molecule has 2 aromatic carbocycles. The Labute approximate surface area is 178 Å². The van der Waals surface area contributed by atoms with Crippen LogP contribution in [0.25, 0.3) is 5.57 Å². The monoisotopic (exact) mass is 419 g/mol. The van der Waals surface area contributed by atoms with E-state index in [1.54, 1.807) is 17.9 Å². The van der Waals surface area contributed by atoms with E-state index in [1.165, 1.54) is 24.3 Å². The summed E-state index contributed by atoms with van der Waals surface area (Å²) < 4.78 is 5.70. The predicted octanol–water partition coefficient (Wildman–Crippen LogP) is 3.48. The quantitative estimate of drug-likeness (QED) is 0.718. The van der Waals surface area contributed by atoms with Gasteiger partial charge >= 0.3 is 5.97 Å². The first kappa shape index (κ1) is 19.4. The zero-order chi connectivity index (χ0) is 22.2. The van der Waals surface area contributed by atoms with Gasteiger partial charge in [0.1, 0.15) is 23.2 Å². The maximum absolute atomic E-state index is 13.7. The molecule has 158 valence electrons. The first-order valence-electron chi connectivity index (χ1n) is 10.2. The summed E-state index contributed by atoms with van der Waals surface area (Å²) in [5.41, 5.74) is 1.41. The molecule has 1 saturated heterocycles. The molecule has 2 N–H and O–H groups in total. The number of Topliss-reactive ketones (excluding diaryl/α,β-unsaturated/α-hetero) is 2. The number of aryl methyl sites for hydroxylation is 1. The number of fused-ring (bicyclic) bond motifs is 6. The second kappa shape index (κ2) is 6.44. The molecule has 0 unspecified atom stereocenters. The molecule has 0 spiro atoms. The Hall–Kier alpha value is -3.61. The van der Waals surface area contributed by atoms with Gasteiger partial charge in [-0.05, 0) is 36.6 Å². The van der Waals surface area contributed by atoms with Crippen LogP contribution < -0.4 is 0 Å². The Morgan fingerprint density at radius 2 is 1.81 bits per heavy atom. The summed E-state index contributed by atoms with van der Waals surface area (Å²) in [6, 6.07) is 6.84. The lowest BCUT2D eigenvalue weighted by Gasteiger charge is -2.39. The topological polar surface area (TPSA) is 104 Å². The highest BCUT2D eigenvalue weighted by atomic mass is 16.6. The lowest BCUT2D eigenvalue weighted by molar-refractivity contribution is -0.143. The van der Waals surface area contributed by atoms with E-state index in [9.17, 15) is 24.6 Å². The third-order valence-electron chi connectivity index (χ3n) is 6.46. The highest BCUT2D eigenvalue weighted by molar-refractivity contribution is 6.41. The Morgan fingerprint density at radius 1 is 1.06 bits per heavy atom. The van der Waals surface area contributed by atoms with Gasteiger partial charge in [0.2, 0.25) is 12.0 Å². The molecule has 3 aliphatic rings. The van der Waals surface area contributed by atoms with Crippen molar-refractivity contribution in [3.05, 3.63) is 63.8 Å².